The number of hydrogen-bond acceptors (Lipinski definition) is 6. The van der Waals surface area contributed by atoms with E-state index in [9.17, 15) is 4.79 Å². The van der Waals surface area contributed by atoms with Gasteiger partial charge in [-0.15, -0.1) is 10.2 Å². The summed E-state index contributed by atoms with van der Waals surface area (Å²) in [5.41, 5.74) is 3.02. The quantitative estimate of drug-likeness (QED) is 0.322. The molecule has 4 aromatic rings. The summed E-state index contributed by atoms with van der Waals surface area (Å²) in [6, 6.07) is 18.6. The molecule has 0 radical (unpaired) electrons. The van der Waals surface area contributed by atoms with E-state index >= 15 is 0 Å². The number of nitrogens with two attached hydrogens (primary N) is 1. The summed E-state index contributed by atoms with van der Waals surface area (Å²) in [5.74, 6) is 6.47. The smallest absolute Gasteiger partial charge is 0.234 e. The summed E-state index contributed by atoms with van der Waals surface area (Å²) < 4.78 is 1.33. The highest BCUT2D eigenvalue weighted by Gasteiger charge is 2.16. The van der Waals surface area contributed by atoms with Crippen molar-refractivity contribution >= 4 is 35.0 Å². The molecule has 4 rings (SSSR count). The van der Waals surface area contributed by atoms with Crippen LogP contribution in [-0.4, -0.2) is 36.7 Å². The maximum atomic E-state index is 12.2. The summed E-state index contributed by atoms with van der Waals surface area (Å²) in [5, 5.41) is 19.1. The molecular formula is C19H16ClN7OS. The van der Waals surface area contributed by atoms with E-state index in [1.54, 1.807) is 24.3 Å². The van der Waals surface area contributed by atoms with E-state index in [2.05, 4.69) is 25.7 Å². The van der Waals surface area contributed by atoms with Gasteiger partial charge >= 0.3 is 0 Å². The van der Waals surface area contributed by atoms with Crippen molar-refractivity contribution in [1.29, 1.82) is 0 Å². The second kappa shape index (κ2) is 8.38. The Kier molecular flexibility index (Phi) is 5.50. The molecule has 4 N–H and O–H groups in total. The molecule has 2 aromatic carbocycles. The van der Waals surface area contributed by atoms with Crippen molar-refractivity contribution < 1.29 is 4.79 Å². The molecule has 0 aliphatic rings. The Morgan fingerprint density at radius 1 is 1.14 bits per heavy atom. The van der Waals surface area contributed by atoms with E-state index in [1.165, 1.54) is 16.4 Å². The van der Waals surface area contributed by atoms with E-state index in [4.69, 9.17) is 17.4 Å². The lowest BCUT2D eigenvalue weighted by molar-refractivity contribution is -0.113. The van der Waals surface area contributed by atoms with Gasteiger partial charge in [0, 0.05) is 16.3 Å². The Bertz CT molecular complexity index is 1140. The van der Waals surface area contributed by atoms with E-state index in [-0.39, 0.29) is 11.7 Å². The van der Waals surface area contributed by atoms with Gasteiger partial charge in [-0.3, -0.25) is 9.89 Å². The number of thioether (sulfide) groups is 1. The zero-order valence-corrected chi connectivity index (χ0v) is 16.6. The van der Waals surface area contributed by atoms with Gasteiger partial charge < -0.3 is 11.2 Å². The molecule has 8 nitrogen and oxygen atoms in total. The number of nitrogens with one attached hydrogen (secondary N) is 2. The SMILES string of the molecule is Nn1c(SCC(=O)Nc2cccc(Cl)c2)nnc1-c1cc(-c2ccccc2)n[nH]1. The fourth-order valence-electron chi connectivity index (χ4n) is 2.65. The Morgan fingerprint density at radius 2 is 1.97 bits per heavy atom. The standard InChI is InChI=1S/C19H16ClN7OS/c20-13-7-4-8-14(9-13)22-17(28)11-29-19-26-25-18(27(19)21)16-10-15(23-24-16)12-5-2-1-3-6-12/h1-10H,11,21H2,(H,22,28)(H,23,24). The van der Waals surface area contributed by atoms with Crippen LogP contribution in [0.25, 0.3) is 22.8 Å². The Labute approximate surface area is 175 Å². The number of nitrogen functional groups attached to an aromatic ring is 1. The van der Waals surface area contributed by atoms with Crippen molar-refractivity contribution in [2.45, 2.75) is 5.16 Å². The minimum atomic E-state index is -0.199. The number of rotatable bonds is 6. The van der Waals surface area contributed by atoms with Crippen LogP contribution in [0.2, 0.25) is 5.02 Å². The molecule has 0 aliphatic carbocycles. The second-order valence-electron chi connectivity index (χ2n) is 6.06. The monoisotopic (exact) mass is 425 g/mol. The van der Waals surface area contributed by atoms with Crippen LogP contribution in [0.4, 0.5) is 5.69 Å². The topological polar surface area (TPSA) is 115 Å². The molecule has 146 valence electrons. The highest BCUT2D eigenvalue weighted by atomic mass is 35.5. The molecule has 10 heteroatoms. The molecule has 29 heavy (non-hydrogen) atoms. The number of carbonyl (C=O) groups is 1. The fourth-order valence-corrected chi connectivity index (χ4v) is 3.49. The van der Waals surface area contributed by atoms with E-state index in [0.29, 0.717) is 27.4 Å². The highest BCUT2D eigenvalue weighted by Crippen LogP contribution is 2.24. The van der Waals surface area contributed by atoms with Crippen LogP contribution in [0.1, 0.15) is 0 Å². The number of benzene rings is 2. The number of aromatic nitrogens is 5. The maximum absolute atomic E-state index is 12.2. The van der Waals surface area contributed by atoms with Gasteiger partial charge in [0.05, 0.1) is 11.4 Å². The van der Waals surface area contributed by atoms with Crippen LogP contribution in [0.15, 0.2) is 65.8 Å². The van der Waals surface area contributed by atoms with E-state index in [1.807, 2.05) is 36.4 Å². The van der Waals surface area contributed by atoms with E-state index in [0.717, 1.165) is 11.3 Å². The average Bonchev–Trinajstić information content (AvgIpc) is 3.34. The first-order valence-corrected chi connectivity index (χ1v) is 9.96. The van der Waals surface area contributed by atoms with Gasteiger partial charge in [0.25, 0.3) is 0 Å². The number of nitrogens with zero attached hydrogens (tertiary/aromatic N) is 4. The van der Waals surface area contributed by atoms with Crippen molar-refractivity contribution in [3.05, 3.63) is 65.7 Å². The Hall–Kier alpha value is -3.30. The summed E-state index contributed by atoms with van der Waals surface area (Å²) in [7, 11) is 0. The molecule has 2 heterocycles. The molecule has 0 fully saturated rings. The highest BCUT2D eigenvalue weighted by molar-refractivity contribution is 7.99. The Morgan fingerprint density at radius 3 is 2.76 bits per heavy atom. The zero-order valence-electron chi connectivity index (χ0n) is 15.0. The third-order valence-corrected chi connectivity index (χ3v) is 5.17. The number of anilines is 1. The van der Waals surface area contributed by atoms with Crippen LogP contribution in [0.5, 0.6) is 0 Å². The van der Waals surface area contributed by atoms with Crippen molar-refractivity contribution in [3.8, 4) is 22.8 Å². The number of aromatic amines is 1. The second-order valence-corrected chi connectivity index (χ2v) is 7.44. The first-order chi connectivity index (χ1) is 14.1. The van der Waals surface area contributed by atoms with Gasteiger partial charge in [0.2, 0.25) is 16.9 Å². The maximum Gasteiger partial charge on any atom is 0.234 e. The van der Waals surface area contributed by atoms with Crippen molar-refractivity contribution in [2.24, 2.45) is 0 Å². The van der Waals surface area contributed by atoms with Crippen LogP contribution in [-0.2, 0) is 4.79 Å². The van der Waals surface area contributed by atoms with E-state index < -0.39 is 0 Å². The van der Waals surface area contributed by atoms with Crippen molar-refractivity contribution in [3.63, 3.8) is 0 Å². The minimum absolute atomic E-state index is 0.125. The normalized spacial score (nSPS) is 10.8. The van der Waals surface area contributed by atoms with Gasteiger partial charge in [-0.1, -0.05) is 59.8 Å². The largest absolute Gasteiger partial charge is 0.335 e. The number of amides is 1. The molecule has 0 saturated heterocycles. The van der Waals surface area contributed by atoms with Gasteiger partial charge in [-0.25, -0.2) is 4.68 Å². The van der Waals surface area contributed by atoms with Gasteiger partial charge in [0.1, 0.15) is 5.69 Å². The number of hydrogen-bond donors (Lipinski definition) is 3. The number of carbonyl (C=O) groups excluding carboxylic acids is 1. The molecule has 0 bridgehead atoms. The summed E-state index contributed by atoms with van der Waals surface area (Å²) in [6.07, 6.45) is 0. The zero-order chi connectivity index (χ0) is 20.2. The van der Waals surface area contributed by atoms with Crippen molar-refractivity contribution in [1.82, 2.24) is 25.1 Å². The van der Waals surface area contributed by atoms with Crippen LogP contribution >= 0.6 is 23.4 Å². The first kappa shape index (κ1) is 19.0. The molecule has 0 atom stereocenters. The molecule has 2 aromatic heterocycles. The van der Waals surface area contributed by atoms with Crippen LogP contribution < -0.4 is 11.2 Å². The van der Waals surface area contributed by atoms with Gasteiger partial charge in [-0.05, 0) is 24.3 Å². The third-order valence-electron chi connectivity index (χ3n) is 3.99. The summed E-state index contributed by atoms with van der Waals surface area (Å²) in [6.45, 7) is 0. The van der Waals surface area contributed by atoms with Gasteiger partial charge in [-0.2, -0.15) is 5.10 Å². The number of H-pyrrole nitrogens is 1. The van der Waals surface area contributed by atoms with Crippen LogP contribution in [0, 0.1) is 0 Å². The molecule has 1 amide bonds. The summed E-state index contributed by atoms with van der Waals surface area (Å²) >= 11 is 7.10. The summed E-state index contributed by atoms with van der Waals surface area (Å²) in [4.78, 5) is 12.2. The molecule has 0 spiro atoms. The van der Waals surface area contributed by atoms with Crippen LogP contribution in [0.3, 0.4) is 0 Å². The predicted molar refractivity (Wildman–Crippen MR) is 114 cm³/mol. The lowest BCUT2D eigenvalue weighted by atomic mass is 10.1. The molecule has 0 aliphatic heterocycles. The fraction of sp³-hybridized carbons (Fsp3) is 0.0526. The molecule has 0 unspecified atom stereocenters. The van der Waals surface area contributed by atoms with Gasteiger partial charge in [0.15, 0.2) is 0 Å². The average molecular weight is 426 g/mol. The number of halogens is 1. The molecular weight excluding hydrogens is 410 g/mol. The first-order valence-electron chi connectivity index (χ1n) is 8.60. The predicted octanol–water partition coefficient (Wildman–Crippen LogP) is 3.43. The van der Waals surface area contributed by atoms with Crippen molar-refractivity contribution in [2.75, 3.05) is 16.9 Å². The minimum Gasteiger partial charge on any atom is -0.335 e. The molecule has 0 saturated carbocycles. The Balaban J connectivity index is 1.42. The lowest BCUT2D eigenvalue weighted by Gasteiger charge is -2.05. The lowest BCUT2D eigenvalue weighted by Crippen LogP contribution is -2.16. The third kappa shape index (κ3) is 4.41.